The van der Waals surface area contributed by atoms with Crippen LogP contribution in [-0.2, 0) is 0 Å². The zero-order valence-electron chi connectivity index (χ0n) is 5.20. The Kier molecular flexibility index (Phi) is 1.22. The summed E-state index contributed by atoms with van der Waals surface area (Å²) in [6.07, 6.45) is 0. The van der Waals surface area contributed by atoms with Crippen LogP contribution in [0.25, 0.3) is 0 Å². The lowest BCUT2D eigenvalue weighted by molar-refractivity contribution is 0.711. The number of benzene rings is 1. The molecule has 1 aliphatic rings. The molecule has 0 amide bonds. The fourth-order valence-electron chi connectivity index (χ4n) is 0.934. The molecular formula is C6H7N3S. The molecule has 0 fully saturated rings. The van der Waals surface area contributed by atoms with Crippen molar-refractivity contribution in [2.45, 2.75) is 0 Å². The van der Waals surface area contributed by atoms with Crippen LogP contribution in [0.2, 0.25) is 0 Å². The normalized spacial score (nSPS) is 15.7. The summed E-state index contributed by atoms with van der Waals surface area (Å²) in [5.74, 6) is 0. The highest BCUT2D eigenvalue weighted by molar-refractivity contribution is 7.77. The molecule has 52 valence electrons. The minimum atomic E-state index is 1.05. The van der Waals surface area contributed by atoms with Gasteiger partial charge in [-0.2, -0.15) is 0 Å². The second kappa shape index (κ2) is 2.07. The number of fused-ring (bicyclic) bond motifs is 1. The van der Waals surface area contributed by atoms with Crippen LogP contribution in [-0.4, -0.2) is 4.52 Å². The third-order valence-electron chi connectivity index (χ3n) is 1.38. The van der Waals surface area contributed by atoms with E-state index in [4.69, 9.17) is 0 Å². The van der Waals surface area contributed by atoms with Gasteiger partial charge in [-0.1, -0.05) is 29.5 Å². The highest BCUT2D eigenvalue weighted by Crippen LogP contribution is 2.27. The lowest BCUT2D eigenvalue weighted by atomic mass is 10.3. The Morgan fingerprint density at radius 2 is 1.60 bits per heavy atom. The molecule has 0 aromatic heterocycles. The summed E-state index contributed by atoms with van der Waals surface area (Å²) in [5, 5.41) is 0. The Labute approximate surface area is 64.5 Å². The van der Waals surface area contributed by atoms with Crippen molar-refractivity contribution in [1.82, 2.24) is 4.52 Å². The molecule has 0 spiro atoms. The number of para-hydroxylation sites is 2. The highest BCUT2D eigenvalue weighted by atomic mass is 32.1. The second-order valence-corrected chi connectivity index (χ2v) is 2.48. The van der Waals surface area contributed by atoms with E-state index in [9.17, 15) is 0 Å². The summed E-state index contributed by atoms with van der Waals surface area (Å²) in [4.78, 5) is 0. The van der Waals surface area contributed by atoms with Crippen molar-refractivity contribution < 1.29 is 0 Å². The third-order valence-corrected chi connectivity index (χ3v) is 1.58. The molecule has 0 aliphatic carbocycles. The Morgan fingerprint density at radius 1 is 1.10 bits per heavy atom. The van der Waals surface area contributed by atoms with Gasteiger partial charge in [0.05, 0.1) is 11.4 Å². The van der Waals surface area contributed by atoms with E-state index in [1.807, 2.05) is 24.3 Å². The predicted molar refractivity (Wildman–Crippen MR) is 44.5 cm³/mol. The Bertz CT molecular complexity index is 226. The van der Waals surface area contributed by atoms with Crippen LogP contribution in [0.3, 0.4) is 0 Å². The van der Waals surface area contributed by atoms with Crippen LogP contribution < -0.4 is 10.9 Å². The van der Waals surface area contributed by atoms with E-state index in [-0.39, 0.29) is 0 Å². The van der Waals surface area contributed by atoms with Gasteiger partial charge in [-0.25, -0.2) is 0 Å². The van der Waals surface area contributed by atoms with Crippen LogP contribution in [0.4, 0.5) is 11.4 Å². The number of hydrogen-bond donors (Lipinski definition) is 3. The first-order chi connectivity index (χ1) is 4.86. The minimum absolute atomic E-state index is 1.05. The summed E-state index contributed by atoms with van der Waals surface area (Å²) in [7, 11) is 0. The first-order valence-electron chi connectivity index (χ1n) is 2.97. The van der Waals surface area contributed by atoms with Gasteiger partial charge in [0.15, 0.2) is 0 Å². The van der Waals surface area contributed by atoms with Gasteiger partial charge in [0.2, 0.25) is 0 Å². The molecule has 0 bridgehead atoms. The molecule has 2 rings (SSSR count). The van der Waals surface area contributed by atoms with Gasteiger partial charge in [0.25, 0.3) is 0 Å². The summed E-state index contributed by atoms with van der Waals surface area (Å²) < 4.78 is 1.52. The topological polar surface area (TPSA) is 27.3 Å². The predicted octanol–water partition coefficient (Wildman–Crippen LogP) is 1.50. The fourth-order valence-corrected chi connectivity index (χ4v) is 1.15. The smallest absolute Gasteiger partial charge is 0.0762 e. The average molecular weight is 153 g/mol. The molecule has 10 heavy (non-hydrogen) atoms. The summed E-state index contributed by atoms with van der Waals surface area (Å²) in [5.41, 5.74) is 8.07. The van der Waals surface area contributed by atoms with Crippen molar-refractivity contribution in [3.8, 4) is 0 Å². The quantitative estimate of drug-likeness (QED) is 0.493. The Balaban J connectivity index is 2.42. The van der Waals surface area contributed by atoms with Crippen molar-refractivity contribution in [3.05, 3.63) is 24.3 Å². The van der Waals surface area contributed by atoms with E-state index in [2.05, 4.69) is 23.7 Å². The number of thiol groups is 1. The van der Waals surface area contributed by atoms with Gasteiger partial charge in [0.1, 0.15) is 0 Å². The molecule has 2 N–H and O–H groups in total. The molecule has 0 unspecified atom stereocenters. The maximum atomic E-state index is 4.05. The standard InChI is InChI=1S/C6H7N3S/c10-9-7-5-3-1-2-4-6(5)8-9/h1-4,7-8,10H. The maximum Gasteiger partial charge on any atom is 0.0762 e. The number of hydrogen-bond acceptors (Lipinski definition) is 4. The van der Waals surface area contributed by atoms with Crippen molar-refractivity contribution >= 4 is 24.2 Å². The van der Waals surface area contributed by atoms with E-state index in [1.165, 1.54) is 4.52 Å². The minimum Gasteiger partial charge on any atom is -0.290 e. The largest absolute Gasteiger partial charge is 0.290 e. The Hall–Kier alpha value is -0.870. The second-order valence-electron chi connectivity index (χ2n) is 2.08. The number of hydrazine groups is 2. The molecule has 1 aromatic rings. The van der Waals surface area contributed by atoms with Crippen LogP contribution in [0.15, 0.2) is 24.3 Å². The van der Waals surface area contributed by atoms with Crippen molar-refractivity contribution in [1.29, 1.82) is 0 Å². The average Bonchev–Trinajstić information content (AvgIpc) is 2.27. The monoisotopic (exact) mass is 153 g/mol. The maximum absolute atomic E-state index is 4.05. The van der Waals surface area contributed by atoms with E-state index in [1.54, 1.807) is 0 Å². The first kappa shape index (κ1) is 5.88. The van der Waals surface area contributed by atoms with E-state index in [0.717, 1.165) is 11.4 Å². The molecule has 0 saturated heterocycles. The molecule has 3 nitrogen and oxygen atoms in total. The third kappa shape index (κ3) is 0.815. The molecule has 1 aromatic carbocycles. The number of rotatable bonds is 0. The summed E-state index contributed by atoms with van der Waals surface area (Å²) in [6, 6.07) is 7.91. The van der Waals surface area contributed by atoms with Crippen LogP contribution in [0.5, 0.6) is 0 Å². The molecule has 0 saturated carbocycles. The van der Waals surface area contributed by atoms with Gasteiger partial charge in [-0.15, -0.1) is 0 Å². The Morgan fingerprint density at radius 3 is 2.10 bits per heavy atom. The number of nitrogens with zero attached hydrogens (tertiary/aromatic N) is 1. The molecule has 0 radical (unpaired) electrons. The van der Waals surface area contributed by atoms with Gasteiger partial charge in [-0.05, 0) is 12.1 Å². The van der Waals surface area contributed by atoms with Crippen LogP contribution in [0, 0.1) is 0 Å². The molecule has 1 aliphatic heterocycles. The first-order valence-corrected chi connectivity index (χ1v) is 3.37. The van der Waals surface area contributed by atoms with Gasteiger partial charge in [0, 0.05) is 0 Å². The summed E-state index contributed by atoms with van der Waals surface area (Å²) in [6.45, 7) is 0. The zero-order chi connectivity index (χ0) is 6.97. The summed E-state index contributed by atoms with van der Waals surface area (Å²) >= 11 is 4.05. The van der Waals surface area contributed by atoms with Gasteiger partial charge in [-0.3, -0.25) is 10.9 Å². The molecule has 4 heteroatoms. The van der Waals surface area contributed by atoms with Crippen LogP contribution >= 0.6 is 12.8 Å². The van der Waals surface area contributed by atoms with Crippen LogP contribution in [0.1, 0.15) is 0 Å². The van der Waals surface area contributed by atoms with Gasteiger partial charge < -0.3 is 0 Å². The van der Waals surface area contributed by atoms with Crippen molar-refractivity contribution in [3.63, 3.8) is 0 Å². The number of nitrogens with one attached hydrogen (secondary N) is 2. The molecule has 0 atom stereocenters. The lowest BCUT2D eigenvalue weighted by Crippen LogP contribution is -2.17. The lowest BCUT2D eigenvalue weighted by Gasteiger charge is -2.04. The highest BCUT2D eigenvalue weighted by Gasteiger charge is 2.11. The SMILES string of the molecule is SN1Nc2ccccc2N1. The van der Waals surface area contributed by atoms with Crippen molar-refractivity contribution in [2.24, 2.45) is 0 Å². The zero-order valence-corrected chi connectivity index (χ0v) is 6.10. The van der Waals surface area contributed by atoms with Gasteiger partial charge >= 0.3 is 0 Å². The van der Waals surface area contributed by atoms with Crippen molar-refractivity contribution in [2.75, 3.05) is 10.9 Å². The van der Waals surface area contributed by atoms with E-state index < -0.39 is 0 Å². The molecule has 1 heterocycles. The van der Waals surface area contributed by atoms with E-state index in [0.29, 0.717) is 0 Å². The fraction of sp³-hybridized carbons (Fsp3) is 0. The van der Waals surface area contributed by atoms with E-state index >= 15 is 0 Å². The molecular weight excluding hydrogens is 146 g/mol. The number of anilines is 2.